The minimum atomic E-state index is -1.03. The molecule has 1 aromatic carbocycles. The van der Waals surface area contributed by atoms with E-state index in [2.05, 4.69) is 21.2 Å². The Bertz CT molecular complexity index is 473. The highest BCUT2D eigenvalue weighted by molar-refractivity contribution is 9.10. The second-order valence-electron chi connectivity index (χ2n) is 5.81. The van der Waals surface area contributed by atoms with Crippen molar-refractivity contribution < 1.29 is 4.79 Å². The van der Waals surface area contributed by atoms with Crippen molar-refractivity contribution in [1.82, 2.24) is 5.32 Å². The lowest BCUT2D eigenvalue weighted by atomic mass is 9.88. The zero-order valence-corrected chi connectivity index (χ0v) is 13.3. The Kier molecular flexibility index (Phi) is 4.83. The fourth-order valence-corrected chi connectivity index (χ4v) is 2.89. The predicted molar refractivity (Wildman–Crippen MR) is 84.1 cm³/mol. The van der Waals surface area contributed by atoms with Crippen LogP contribution in [0.4, 0.5) is 0 Å². The number of halogens is 1. The summed E-state index contributed by atoms with van der Waals surface area (Å²) < 4.78 is 0.968. The van der Waals surface area contributed by atoms with Crippen molar-refractivity contribution in [2.75, 3.05) is 0 Å². The molecule has 5 N–H and O–H groups in total. The van der Waals surface area contributed by atoms with Gasteiger partial charge in [-0.3, -0.25) is 4.79 Å². The van der Waals surface area contributed by atoms with Gasteiger partial charge in [-0.25, -0.2) is 0 Å². The van der Waals surface area contributed by atoms with Gasteiger partial charge < -0.3 is 16.8 Å². The topological polar surface area (TPSA) is 81.1 Å². The summed E-state index contributed by atoms with van der Waals surface area (Å²) in [7, 11) is 0. The van der Waals surface area contributed by atoms with Crippen molar-refractivity contribution in [1.29, 1.82) is 0 Å². The van der Waals surface area contributed by atoms with Crippen LogP contribution in [0.5, 0.6) is 0 Å². The Morgan fingerprint density at radius 2 is 2.00 bits per heavy atom. The number of nitrogens with two attached hydrogens (primary N) is 2. The second kappa shape index (κ2) is 6.24. The fraction of sp³-hybridized carbons (Fsp3) is 0.533. The maximum absolute atomic E-state index is 12.4. The van der Waals surface area contributed by atoms with Crippen LogP contribution in [-0.2, 0) is 10.3 Å². The molecule has 0 radical (unpaired) electrons. The third-order valence-electron chi connectivity index (χ3n) is 3.97. The third kappa shape index (κ3) is 3.59. The Balaban J connectivity index is 2.04. The number of nitrogens with one attached hydrogen (secondary N) is 1. The van der Waals surface area contributed by atoms with E-state index >= 15 is 0 Å². The van der Waals surface area contributed by atoms with Crippen molar-refractivity contribution >= 4 is 21.8 Å². The summed E-state index contributed by atoms with van der Waals surface area (Å²) >= 11 is 3.38. The van der Waals surface area contributed by atoms with Crippen LogP contribution < -0.4 is 16.8 Å². The molecule has 2 rings (SSSR count). The van der Waals surface area contributed by atoms with Gasteiger partial charge in [-0.1, -0.05) is 28.1 Å². The molecule has 0 heterocycles. The van der Waals surface area contributed by atoms with Crippen molar-refractivity contribution in [3.8, 4) is 0 Å². The molecule has 1 aliphatic carbocycles. The molecule has 0 aromatic heterocycles. The number of rotatable bonds is 3. The highest BCUT2D eigenvalue weighted by Gasteiger charge is 2.32. The predicted octanol–water partition coefficient (Wildman–Crippen LogP) is 2.01. The van der Waals surface area contributed by atoms with Crippen molar-refractivity contribution in [3.63, 3.8) is 0 Å². The standard InChI is InChI=1S/C15H22BrN3O/c1-15(18,10-5-7-11(16)8-6-10)14(20)19-13-4-2-3-12(17)9-13/h5-8,12-13H,2-4,9,17-18H2,1H3,(H,19,20). The first-order valence-corrected chi connectivity index (χ1v) is 7.80. The summed E-state index contributed by atoms with van der Waals surface area (Å²) in [5.74, 6) is -0.140. The van der Waals surface area contributed by atoms with Gasteiger partial charge in [-0.05, 0) is 50.3 Å². The molecule has 1 aromatic rings. The quantitative estimate of drug-likeness (QED) is 0.787. The summed E-state index contributed by atoms with van der Waals surface area (Å²) in [4.78, 5) is 12.4. The molecule has 0 aliphatic heterocycles. The van der Waals surface area contributed by atoms with Gasteiger partial charge in [0.25, 0.3) is 0 Å². The monoisotopic (exact) mass is 339 g/mol. The van der Waals surface area contributed by atoms with Gasteiger partial charge in [0, 0.05) is 16.6 Å². The zero-order valence-electron chi connectivity index (χ0n) is 11.7. The van der Waals surface area contributed by atoms with E-state index in [0.29, 0.717) is 0 Å². The highest BCUT2D eigenvalue weighted by atomic mass is 79.9. The maximum atomic E-state index is 12.4. The van der Waals surface area contributed by atoms with Gasteiger partial charge in [0.2, 0.25) is 5.91 Å². The zero-order chi connectivity index (χ0) is 14.8. The first kappa shape index (κ1) is 15.5. The summed E-state index contributed by atoms with van der Waals surface area (Å²) in [5.41, 5.74) is 12.0. The van der Waals surface area contributed by atoms with E-state index in [1.165, 1.54) is 0 Å². The molecule has 3 unspecified atom stereocenters. The number of carbonyl (C=O) groups is 1. The number of hydrogen-bond donors (Lipinski definition) is 3. The summed E-state index contributed by atoms with van der Waals surface area (Å²) in [6, 6.07) is 7.86. The smallest absolute Gasteiger partial charge is 0.244 e. The van der Waals surface area contributed by atoms with Gasteiger partial charge in [-0.15, -0.1) is 0 Å². The van der Waals surface area contributed by atoms with Gasteiger partial charge in [0.15, 0.2) is 0 Å². The van der Waals surface area contributed by atoms with E-state index in [1.807, 2.05) is 24.3 Å². The molecule has 5 heteroatoms. The molecule has 0 saturated heterocycles. The van der Waals surface area contributed by atoms with Crippen LogP contribution >= 0.6 is 15.9 Å². The maximum Gasteiger partial charge on any atom is 0.244 e. The molecule has 1 amide bonds. The van der Waals surface area contributed by atoms with E-state index in [4.69, 9.17) is 11.5 Å². The van der Waals surface area contributed by atoms with Gasteiger partial charge >= 0.3 is 0 Å². The Labute approximate surface area is 128 Å². The molecule has 4 nitrogen and oxygen atoms in total. The minimum Gasteiger partial charge on any atom is -0.351 e. The summed E-state index contributed by atoms with van der Waals surface area (Å²) in [6.45, 7) is 1.74. The van der Waals surface area contributed by atoms with E-state index in [1.54, 1.807) is 6.92 Å². The van der Waals surface area contributed by atoms with E-state index in [0.717, 1.165) is 35.7 Å². The second-order valence-corrected chi connectivity index (χ2v) is 6.72. The highest BCUT2D eigenvalue weighted by Crippen LogP contribution is 2.22. The summed E-state index contributed by atoms with van der Waals surface area (Å²) in [6.07, 6.45) is 3.92. The van der Waals surface area contributed by atoms with Gasteiger partial charge in [0.1, 0.15) is 5.54 Å². The minimum absolute atomic E-state index is 0.140. The Hall–Kier alpha value is -0.910. The van der Waals surface area contributed by atoms with Crippen molar-refractivity contribution in [2.45, 2.75) is 50.2 Å². The third-order valence-corrected chi connectivity index (χ3v) is 4.49. The molecule has 110 valence electrons. The normalized spacial score (nSPS) is 25.8. The molecule has 1 saturated carbocycles. The van der Waals surface area contributed by atoms with E-state index < -0.39 is 5.54 Å². The molecule has 1 aliphatic rings. The average molecular weight is 340 g/mol. The molecular formula is C15H22BrN3O. The van der Waals surface area contributed by atoms with Crippen LogP contribution in [0.15, 0.2) is 28.7 Å². The molecular weight excluding hydrogens is 318 g/mol. The largest absolute Gasteiger partial charge is 0.351 e. The molecule has 0 bridgehead atoms. The lowest BCUT2D eigenvalue weighted by molar-refractivity contribution is -0.127. The fourth-order valence-electron chi connectivity index (χ4n) is 2.62. The average Bonchev–Trinajstić information content (AvgIpc) is 2.39. The first-order valence-electron chi connectivity index (χ1n) is 7.01. The van der Waals surface area contributed by atoms with Gasteiger partial charge in [0.05, 0.1) is 0 Å². The number of benzene rings is 1. The summed E-state index contributed by atoms with van der Waals surface area (Å²) in [5, 5.41) is 3.05. The van der Waals surface area contributed by atoms with E-state index in [-0.39, 0.29) is 18.0 Å². The van der Waals surface area contributed by atoms with Crippen LogP contribution in [0.3, 0.4) is 0 Å². The van der Waals surface area contributed by atoms with Crippen molar-refractivity contribution in [2.24, 2.45) is 11.5 Å². The van der Waals surface area contributed by atoms with Crippen LogP contribution in [0, 0.1) is 0 Å². The van der Waals surface area contributed by atoms with Crippen LogP contribution in [-0.4, -0.2) is 18.0 Å². The SMILES string of the molecule is CC(N)(C(=O)NC1CCCC(N)C1)c1ccc(Br)cc1. The Morgan fingerprint density at radius 3 is 2.60 bits per heavy atom. The number of amides is 1. The molecule has 0 spiro atoms. The molecule has 20 heavy (non-hydrogen) atoms. The number of hydrogen-bond acceptors (Lipinski definition) is 3. The van der Waals surface area contributed by atoms with Crippen molar-refractivity contribution in [3.05, 3.63) is 34.3 Å². The van der Waals surface area contributed by atoms with Crippen LogP contribution in [0.1, 0.15) is 38.2 Å². The van der Waals surface area contributed by atoms with E-state index in [9.17, 15) is 4.79 Å². The lowest BCUT2D eigenvalue weighted by Crippen LogP contribution is -2.53. The Morgan fingerprint density at radius 1 is 1.35 bits per heavy atom. The lowest BCUT2D eigenvalue weighted by Gasteiger charge is -2.31. The first-order chi connectivity index (χ1) is 9.39. The molecule has 3 atom stereocenters. The molecule has 1 fully saturated rings. The van der Waals surface area contributed by atoms with Crippen LogP contribution in [0.25, 0.3) is 0 Å². The van der Waals surface area contributed by atoms with Crippen LogP contribution in [0.2, 0.25) is 0 Å². The number of carbonyl (C=O) groups excluding carboxylic acids is 1. The van der Waals surface area contributed by atoms with Gasteiger partial charge in [-0.2, -0.15) is 0 Å².